The first-order valence-electron chi connectivity index (χ1n) is 13.5. The van der Waals surface area contributed by atoms with E-state index in [9.17, 15) is 0 Å². The third-order valence-electron chi connectivity index (χ3n) is 6.57. The summed E-state index contributed by atoms with van der Waals surface area (Å²) in [5, 5.41) is 0. The fourth-order valence-corrected chi connectivity index (χ4v) is 4.79. The minimum atomic E-state index is -0.864. The van der Waals surface area contributed by atoms with Gasteiger partial charge in [-0.3, -0.25) is 0 Å². The molecule has 4 aromatic carbocycles. The highest BCUT2D eigenvalue weighted by atomic mass is 33.1. The van der Waals surface area contributed by atoms with Gasteiger partial charge in [-0.25, -0.2) is 0 Å². The summed E-state index contributed by atoms with van der Waals surface area (Å²) < 4.78 is 12.1. The van der Waals surface area contributed by atoms with Crippen molar-refractivity contribution in [1.29, 1.82) is 0 Å². The van der Waals surface area contributed by atoms with Gasteiger partial charge in [0.1, 0.15) is 5.60 Å². The molecule has 0 aliphatic carbocycles. The summed E-state index contributed by atoms with van der Waals surface area (Å²) in [6.07, 6.45) is 11.5. The second-order valence-electron chi connectivity index (χ2n) is 8.98. The van der Waals surface area contributed by atoms with Crippen LogP contribution in [0.4, 0.5) is 0 Å². The molecule has 0 saturated heterocycles. The minimum Gasteiger partial charge on any atom is -0.357 e. The Morgan fingerprint density at radius 1 is 0.841 bits per heavy atom. The second-order valence-corrected chi connectivity index (χ2v) is 15.1. The smallest absolute Gasteiger partial charge is 0.179 e. The average molecular weight is 691 g/mol. The number of ether oxygens (including phenoxy) is 2. The molecule has 0 aromatic heterocycles. The summed E-state index contributed by atoms with van der Waals surface area (Å²) in [5.74, 6) is 2.81. The van der Waals surface area contributed by atoms with Crippen LogP contribution in [0.5, 0.6) is 0 Å². The SMILES string of the molecule is C#CC(OCC=C)(c1ccccc1)c1ccccc1.C=CC1=CCOC1(c1ccccc1)c1ccccc1.PPP.S=S=S. The Balaban J connectivity index is 0.000000261. The van der Waals surface area contributed by atoms with E-state index >= 15 is 0 Å². The van der Waals surface area contributed by atoms with Crippen LogP contribution in [0.3, 0.4) is 0 Å². The Bertz CT molecular complexity index is 1440. The zero-order valence-corrected chi connectivity index (χ0v) is 30.1. The lowest BCUT2D eigenvalue weighted by Gasteiger charge is -2.32. The lowest BCUT2D eigenvalue weighted by atomic mass is 9.80. The van der Waals surface area contributed by atoms with Crippen LogP contribution in [0.15, 0.2) is 158 Å². The molecule has 1 aliphatic rings. The third-order valence-corrected chi connectivity index (χ3v) is 6.57. The predicted molar refractivity (Wildman–Crippen MR) is 206 cm³/mol. The maximum absolute atomic E-state index is 6.15. The van der Waals surface area contributed by atoms with Gasteiger partial charge in [0.25, 0.3) is 0 Å². The second kappa shape index (κ2) is 21.3. The summed E-state index contributed by atoms with van der Waals surface area (Å²) in [4.78, 5) is 0. The van der Waals surface area contributed by atoms with Gasteiger partial charge in [0.15, 0.2) is 5.60 Å². The van der Waals surface area contributed by atoms with E-state index in [4.69, 9.17) is 15.9 Å². The first-order valence-corrected chi connectivity index (χ1v) is 20.8. The molecule has 2 unspecified atom stereocenters. The number of hydrogen-bond acceptors (Lipinski definition) is 4. The van der Waals surface area contributed by atoms with Crippen LogP contribution in [0.1, 0.15) is 22.3 Å². The number of benzene rings is 4. The topological polar surface area (TPSA) is 18.5 Å². The van der Waals surface area contributed by atoms with Crippen molar-refractivity contribution in [3.8, 4) is 12.3 Å². The molecule has 0 amide bonds. The van der Waals surface area contributed by atoms with Crippen molar-refractivity contribution >= 4 is 57.1 Å². The summed E-state index contributed by atoms with van der Waals surface area (Å²) in [6, 6.07) is 40.3. The Morgan fingerprint density at radius 2 is 1.23 bits per heavy atom. The Morgan fingerprint density at radius 3 is 1.57 bits per heavy atom. The van der Waals surface area contributed by atoms with Crippen molar-refractivity contribution in [3.63, 3.8) is 0 Å². The van der Waals surface area contributed by atoms with Gasteiger partial charge in [0.2, 0.25) is 0 Å². The first kappa shape index (κ1) is 37.7. The zero-order valence-electron chi connectivity index (χ0n) is 24.4. The molecule has 0 radical (unpaired) electrons. The van der Waals surface area contributed by atoms with E-state index in [2.05, 4.69) is 89.7 Å². The molecular weight excluding hydrogens is 654 g/mol. The largest absolute Gasteiger partial charge is 0.357 e. The van der Waals surface area contributed by atoms with Crippen molar-refractivity contribution < 1.29 is 9.47 Å². The fraction of sp³-hybridized carbons (Fsp3) is 0.111. The van der Waals surface area contributed by atoms with Crippen LogP contribution in [-0.2, 0) is 51.9 Å². The monoisotopic (exact) mass is 690 g/mol. The summed E-state index contributed by atoms with van der Waals surface area (Å²) in [7, 11) is 6.97. The molecule has 44 heavy (non-hydrogen) atoms. The molecule has 8 heteroatoms. The van der Waals surface area contributed by atoms with Gasteiger partial charge in [0, 0.05) is 42.4 Å². The molecule has 1 heterocycles. The first-order chi connectivity index (χ1) is 21.5. The number of terminal acetylenes is 1. The molecule has 0 bridgehead atoms. The zero-order chi connectivity index (χ0) is 32.1. The van der Waals surface area contributed by atoms with E-state index in [0.29, 0.717) is 13.2 Å². The Hall–Kier alpha value is -2.47. The molecule has 5 rings (SSSR count). The molecular formula is C36H37O2P3S3. The quantitative estimate of drug-likeness (QED) is 0.104. The summed E-state index contributed by atoms with van der Waals surface area (Å²) in [5.41, 5.74) is 3.93. The van der Waals surface area contributed by atoms with Crippen molar-refractivity contribution in [1.82, 2.24) is 0 Å². The van der Waals surface area contributed by atoms with Crippen molar-refractivity contribution in [3.05, 3.63) is 181 Å². The van der Waals surface area contributed by atoms with Crippen LogP contribution >= 0.6 is 25.8 Å². The van der Waals surface area contributed by atoms with E-state index < -0.39 is 11.2 Å². The van der Waals surface area contributed by atoms with Crippen LogP contribution in [0.2, 0.25) is 0 Å². The lowest BCUT2D eigenvalue weighted by molar-refractivity contribution is 0.0467. The predicted octanol–water partition coefficient (Wildman–Crippen LogP) is 9.08. The Labute approximate surface area is 282 Å². The van der Waals surface area contributed by atoms with Gasteiger partial charge in [-0.05, 0) is 16.7 Å². The Kier molecular flexibility index (Phi) is 18.3. The highest BCUT2D eigenvalue weighted by Crippen LogP contribution is 2.44. The maximum atomic E-state index is 6.15. The van der Waals surface area contributed by atoms with Crippen LogP contribution < -0.4 is 0 Å². The lowest BCUT2D eigenvalue weighted by Crippen LogP contribution is -2.29. The highest BCUT2D eigenvalue weighted by Gasteiger charge is 2.40. The fourth-order valence-electron chi connectivity index (χ4n) is 4.79. The normalized spacial score (nSPS) is 12.6. The van der Waals surface area contributed by atoms with Gasteiger partial charge in [-0.1, -0.05) is 160 Å². The third kappa shape index (κ3) is 10.0. The minimum absolute atomic E-state index is 0.397. The summed E-state index contributed by atoms with van der Waals surface area (Å²) >= 11 is 8.25. The van der Waals surface area contributed by atoms with E-state index in [1.54, 1.807) is 6.08 Å². The summed E-state index contributed by atoms with van der Waals surface area (Å²) in [6.45, 7) is 8.65. The van der Waals surface area contributed by atoms with Gasteiger partial charge in [-0.15, -0.1) is 30.9 Å². The van der Waals surface area contributed by atoms with Gasteiger partial charge < -0.3 is 9.47 Å². The van der Waals surface area contributed by atoms with Crippen LogP contribution in [0.25, 0.3) is 0 Å². The molecule has 0 fully saturated rings. The van der Waals surface area contributed by atoms with Gasteiger partial charge in [-0.2, -0.15) is 0 Å². The van der Waals surface area contributed by atoms with Crippen molar-refractivity contribution in [2.75, 3.05) is 13.2 Å². The van der Waals surface area contributed by atoms with E-state index in [1.165, 1.54) is 0 Å². The number of rotatable bonds is 8. The number of hydrogen-bond donors (Lipinski definition) is 0. The maximum Gasteiger partial charge on any atom is 0.179 e. The van der Waals surface area contributed by atoms with E-state index in [1.807, 2.05) is 103 Å². The molecule has 0 saturated carbocycles. The average Bonchev–Trinajstić information content (AvgIpc) is 3.53. The van der Waals surface area contributed by atoms with Gasteiger partial charge in [0.05, 0.1) is 13.2 Å². The molecule has 1 aliphatic heterocycles. The molecule has 0 spiro atoms. The van der Waals surface area contributed by atoms with Gasteiger partial charge >= 0.3 is 0 Å². The molecule has 4 aromatic rings. The van der Waals surface area contributed by atoms with E-state index in [-0.39, 0.29) is 0 Å². The molecule has 2 atom stereocenters. The molecule has 226 valence electrons. The molecule has 0 N–H and O–H groups in total. The van der Waals surface area contributed by atoms with Crippen LogP contribution in [0, 0.1) is 12.3 Å². The highest BCUT2D eigenvalue weighted by molar-refractivity contribution is 8.37. The van der Waals surface area contributed by atoms with E-state index in [0.717, 1.165) is 44.7 Å². The molecule has 2 nitrogen and oxygen atoms in total. The van der Waals surface area contributed by atoms with Crippen molar-refractivity contribution in [2.24, 2.45) is 0 Å². The standard InChI is InChI=1S/2C18H16O.H5P3.S3/c1-2-15-13-14-19-18(15,16-9-5-3-6-10-16)17-11-7-4-8-12-17;1-3-15-19-18(4-2,16-11-7-5-8-12-16)17-13-9-6-10-14-17;2*1-3-2/h2-13H,1,14H2;2-3,5-14H,1,15H2;3H,1-2H2;. The van der Waals surface area contributed by atoms with Crippen molar-refractivity contribution in [2.45, 2.75) is 11.2 Å². The van der Waals surface area contributed by atoms with Crippen LogP contribution in [-0.4, -0.2) is 13.2 Å².